The van der Waals surface area contributed by atoms with Crippen molar-refractivity contribution in [3.8, 4) is 5.88 Å². The minimum Gasteiger partial charge on any atom is -0.619 e. The largest absolute Gasteiger partial charge is 0.619 e. The summed E-state index contributed by atoms with van der Waals surface area (Å²) in [6, 6.07) is 5.00. The molecule has 0 aromatic carbocycles. The minimum atomic E-state index is -4.56. The molecule has 0 bridgehead atoms. The molecule has 0 spiro atoms. The van der Waals surface area contributed by atoms with Crippen molar-refractivity contribution in [2.45, 2.75) is 12.3 Å². The number of carbonyl (C=O) groups is 1. The van der Waals surface area contributed by atoms with Crippen molar-refractivity contribution in [2.75, 3.05) is 13.1 Å². The average Bonchev–Trinajstić information content (AvgIpc) is 2.49. The van der Waals surface area contributed by atoms with Gasteiger partial charge in [0.2, 0.25) is 5.88 Å². The molecule has 0 saturated carbocycles. The molecule has 9 heteroatoms. The quantitative estimate of drug-likeness (QED) is 0.630. The first-order chi connectivity index (χ1) is 11.3. The number of alkyl halides is 3. The predicted octanol–water partition coefficient (Wildman–Crippen LogP) is 1.64. The van der Waals surface area contributed by atoms with Crippen LogP contribution in [-0.2, 0) is 6.18 Å². The first-order valence-electron chi connectivity index (χ1n) is 7.01. The lowest BCUT2D eigenvalue weighted by Gasteiger charge is -2.38. The van der Waals surface area contributed by atoms with E-state index < -0.39 is 23.7 Å². The molecule has 1 saturated heterocycles. The number of nitrogens with zero attached hydrogens (tertiary/aromatic N) is 3. The lowest BCUT2D eigenvalue weighted by molar-refractivity contribution is -0.605. The van der Waals surface area contributed by atoms with Gasteiger partial charge in [0.1, 0.15) is 17.2 Å². The smallest absolute Gasteiger partial charge is 0.421 e. The molecule has 0 radical (unpaired) electrons. The van der Waals surface area contributed by atoms with Gasteiger partial charge in [-0.25, -0.2) is 4.98 Å². The summed E-state index contributed by atoms with van der Waals surface area (Å²) in [5.74, 6) is -0.878. The van der Waals surface area contributed by atoms with Crippen molar-refractivity contribution in [3.05, 3.63) is 59.2 Å². The fourth-order valence-corrected chi connectivity index (χ4v) is 2.30. The molecule has 2 aromatic rings. The number of ether oxygens (including phenoxy) is 1. The maximum absolute atomic E-state index is 12.9. The van der Waals surface area contributed by atoms with Gasteiger partial charge in [-0.15, -0.1) is 0 Å². The monoisotopic (exact) mass is 339 g/mol. The minimum absolute atomic E-state index is 0.125. The molecular weight excluding hydrogens is 327 g/mol. The van der Waals surface area contributed by atoms with Gasteiger partial charge in [-0.3, -0.25) is 4.79 Å². The van der Waals surface area contributed by atoms with Crippen molar-refractivity contribution in [1.29, 1.82) is 0 Å². The summed E-state index contributed by atoms with van der Waals surface area (Å²) in [6.07, 6.45) is -1.54. The number of amides is 1. The molecule has 6 nitrogen and oxygen atoms in total. The van der Waals surface area contributed by atoms with Crippen LogP contribution in [0.25, 0.3) is 0 Å². The highest BCUT2D eigenvalue weighted by Crippen LogP contribution is 2.35. The van der Waals surface area contributed by atoms with Crippen molar-refractivity contribution in [3.63, 3.8) is 0 Å². The van der Waals surface area contributed by atoms with Crippen LogP contribution in [0.5, 0.6) is 5.88 Å². The van der Waals surface area contributed by atoms with Crippen LogP contribution in [0.3, 0.4) is 0 Å². The molecule has 3 rings (SSSR count). The molecular formula is C15H12F3N3O3. The summed E-state index contributed by atoms with van der Waals surface area (Å²) in [4.78, 5) is 17.1. The highest BCUT2D eigenvalue weighted by molar-refractivity contribution is 5.94. The number of halogens is 3. The summed E-state index contributed by atoms with van der Waals surface area (Å²) >= 11 is 0. The SMILES string of the molecule is O=C(c1ccc[n+]([O-])c1)N1CC(Oc2ncccc2C(F)(F)F)C1. The highest BCUT2D eigenvalue weighted by Gasteiger charge is 2.38. The Bertz CT molecular complexity index is 761. The topological polar surface area (TPSA) is 69.4 Å². The lowest BCUT2D eigenvalue weighted by atomic mass is 10.1. The second-order valence-corrected chi connectivity index (χ2v) is 5.26. The van der Waals surface area contributed by atoms with Gasteiger partial charge in [-0.1, -0.05) is 0 Å². The number of carbonyl (C=O) groups excluding carboxylic acids is 1. The summed E-state index contributed by atoms with van der Waals surface area (Å²) in [5.41, 5.74) is -0.745. The zero-order valence-electron chi connectivity index (χ0n) is 12.2. The molecule has 1 aliphatic rings. The van der Waals surface area contributed by atoms with E-state index in [0.717, 1.165) is 12.3 Å². The Kier molecular flexibility index (Phi) is 4.00. The number of pyridine rings is 2. The Hall–Kier alpha value is -2.84. The van der Waals surface area contributed by atoms with Gasteiger partial charge >= 0.3 is 6.18 Å². The van der Waals surface area contributed by atoms with Crippen LogP contribution < -0.4 is 9.47 Å². The zero-order chi connectivity index (χ0) is 17.3. The molecule has 1 fully saturated rings. The highest BCUT2D eigenvalue weighted by atomic mass is 19.4. The molecule has 3 heterocycles. The molecule has 2 aromatic heterocycles. The molecule has 24 heavy (non-hydrogen) atoms. The standard InChI is InChI=1S/C15H12F3N3O3/c16-15(17,18)12-4-1-5-19-13(12)24-11-8-20(9-11)14(22)10-3-2-6-21(23)7-10/h1-7,11H,8-9H2. The number of rotatable bonds is 3. The fraction of sp³-hybridized carbons (Fsp3) is 0.267. The normalized spacial score (nSPS) is 15.0. The van der Waals surface area contributed by atoms with Crippen molar-refractivity contribution < 1.29 is 27.4 Å². The van der Waals surface area contributed by atoms with Crippen molar-refractivity contribution in [1.82, 2.24) is 9.88 Å². The third kappa shape index (κ3) is 3.24. The van der Waals surface area contributed by atoms with Crippen molar-refractivity contribution in [2.24, 2.45) is 0 Å². The molecule has 0 atom stereocenters. The summed E-state index contributed by atoms with van der Waals surface area (Å²) in [5, 5.41) is 11.2. The van der Waals surface area contributed by atoms with Crippen LogP contribution in [0.2, 0.25) is 0 Å². The molecule has 0 aliphatic carbocycles. The maximum atomic E-state index is 12.9. The Morgan fingerprint density at radius 3 is 2.75 bits per heavy atom. The van der Waals surface area contributed by atoms with Gasteiger partial charge in [0.15, 0.2) is 12.4 Å². The molecule has 126 valence electrons. The van der Waals surface area contributed by atoms with E-state index in [9.17, 15) is 23.2 Å². The van der Waals surface area contributed by atoms with Crippen LogP contribution in [-0.4, -0.2) is 35.0 Å². The number of likely N-dealkylation sites (tertiary alicyclic amines) is 1. The fourth-order valence-electron chi connectivity index (χ4n) is 2.30. The predicted molar refractivity (Wildman–Crippen MR) is 75.0 cm³/mol. The first kappa shape index (κ1) is 16.0. The van der Waals surface area contributed by atoms with Crippen LogP contribution in [0.4, 0.5) is 13.2 Å². The Morgan fingerprint density at radius 2 is 2.08 bits per heavy atom. The number of hydrogen-bond donors (Lipinski definition) is 0. The van der Waals surface area contributed by atoms with Gasteiger partial charge in [-0.2, -0.15) is 17.9 Å². The van der Waals surface area contributed by atoms with Gasteiger partial charge < -0.3 is 14.8 Å². The van der Waals surface area contributed by atoms with Crippen LogP contribution in [0, 0.1) is 5.21 Å². The van der Waals surface area contributed by atoms with E-state index in [-0.39, 0.29) is 24.6 Å². The third-order valence-corrected chi connectivity index (χ3v) is 3.51. The van der Waals surface area contributed by atoms with Crippen LogP contribution in [0.1, 0.15) is 15.9 Å². The number of hydrogen-bond acceptors (Lipinski definition) is 4. The second kappa shape index (κ2) is 5.99. The van der Waals surface area contributed by atoms with E-state index in [0.29, 0.717) is 4.73 Å². The van der Waals surface area contributed by atoms with E-state index >= 15 is 0 Å². The van der Waals surface area contributed by atoms with Crippen LogP contribution >= 0.6 is 0 Å². The summed E-state index contributed by atoms with van der Waals surface area (Å²) in [6.45, 7) is 0.251. The van der Waals surface area contributed by atoms with E-state index in [1.807, 2.05) is 0 Å². The molecule has 1 aliphatic heterocycles. The van der Waals surface area contributed by atoms with Gasteiger partial charge in [0, 0.05) is 12.3 Å². The van der Waals surface area contributed by atoms with Crippen molar-refractivity contribution >= 4 is 5.91 Å². The number of aromatic nitrogens is 2. The van der Waals surface area contributed by atoms with E-state index in [1.54, 1.807) is 0 Å². The van der Waals surface area contributed by atoms with Gasteiger partial charge in [0.25, 0.3) is 5.91 Å². The molecule has 0 N–H and O–H groups in total. The molecule has 0 unspecified atom stereocenters. The van der Waals surface area contributed by atoms with Crippen LogP contribution in [0.15, 0.2) is 42.9 Å². The molecule has 1 amide bonds. The Balaban J connectivity index is 1.63. The van der Waals surface area contributed by atoms with E-state index in [1.165, 1.54) is 35.5 Å². The maximum Gasteiger partial charge on any atom is 0.421 e. The average molecular weight is 339 g/mol. The van der Waals surface area contributed by atoms with Gasteiger partial charge in [0.05, 0.1) is 13.1 Å². The van der Waals surface area contributed by atoms with E-state index in [2.05, 4.69) is 4.98 Å². The van der Waals surface area contributed by atoms with E-state index in [4.69, 9.17) is 4.74 Å². The second-order valence-electron chi connectivity index (χ2n) is 5.26. The Morgan fingerprint density at radius 1 is 1.33 bits per heavy atom. The van der Waals surface area contributed by atoms with Gasteiger partial charge in [-0.05, 0) is 18.2 Å². The first-order valence-corrected chi connectivity index (χ1v) is 7.01. The Labute approximate surface area is 134 Å². The summed E-state index contributed by atoms with van der Waals surface area (Å²) in [7, 11) is 0. The summed E-state index contributed by atoms with van der Waals surface area (Å²) < 4.78 is 44.4. The third-order valence-electron chi connectivity index (χ3n) is 3.51. The zero-order valence-corrected chi connectivity index (χ0v) is 12.2. The lowest BCUT2D eigenvalue weighted by Crippen LogP contribution is -2.56.